The van der Waals surface area contributed by atoms with Gasteiger partial charge >= 0.3 is 0 Å². The molecule has 2 aliphatic carbocycles. The molecule has 12 heteroatoms. The van der Waals surface area contributed by atoms with Gasteiger partial charge in [0.15, 0.2) is 0 Å². The summed E-state index contributed by atoms with van der Waals surface area (Å²) in [6.07, 6.45) is 6.62. The predicted octanol–water partition coefficient (Wildman–Crippen LogP) is 3.04. The molecule has 1 saturated heterocycles. The molecule has 9 nitrogen and oxygen atoms in total. The highest BCUT2D eigenvalue weighted by Gasteiger charge is 2.59. The van der Waals surface area contributed by atoms with Gasteiger partial charge in [-0.2, -0.15) is 10.4 Å². The molecule has 2 saturated carbocycles. The number of rotatable bonds is 7. The molecule has 2 aromatic heterocycles. The molecule has 3 aliphatic rings. The van der Waals surface area contributed by atoms with Crippen molar-refractivity contribution in [2.24, 2.45) is 0 Å². The van der Waals surface area contributed by atoms with Crippen LogP contribution in [0.5, 0.6) is 0 Å². The summed E-state index contributed by atoms with van der Waals surface area (Å²) in [7, 11) is -1.60. The van der Waals surface area contributed by atoms with Crippen molar-refractivity contribution >= 4 is 34.2 Å². The van der Waals surface area contributed by atoms with Crippen LogP contribution in [0.25, 0.3) is 5.69 Å². The second kappa shape index (κ2) is 9.54. The number of hydrogen-bond acceptors (Lipinski definition) is 6. The van der Waals surface area contributed by atoms with Crippen LogP contribution in [0.15, 0.2) is 59.9 Å². The lowest BCUT2D eigenvalue weighted by molar-refractivity contribution is -0.140. The maximum Gasteiger partial charge on any atom is 0.244 e. The van der Waals surface area contributed by atoms with Gasteiger partial charge in [0.05, 0.1) is 48.8 Å². The zero-order chi connectivity index (χ0) is 27.4. The Hall–Kier alpha value is -3.62. The van der Waals surface area contributed by atoms with Gasteiger partial charge in [0.2, 0.25) is 11.8 Å². The fraction of sp³-hybridized carbons (Fsp3) is 0.370. The Kier molecular flexibility index (Phi) is 6.27. The third-order valence-electron chi connectivity index (χ3n) is 7.71. The average Bonchev–Trinajstić information content (AvgIpc) is 3.78. The van der Waals surface area contributed by atoms with Gasteiger partial charge in [0, 0.05) is 25.1 Å². The Morgan fingerprint density at radius 3 is 2.62 bits per heavy atom. The Bertz CT molecular complexity index is 1530. The minimum absolute atomic E-state index is 0.000321. The van der Waals surface area contributed by atoms with Crippen molar-refractivity contribution in [3.05, 3.63) is 71.5 Å². The van der Waals surface area contributed by atoms with E-state index < -0.39 is 50.7 Å². The first-order valence-electron chi connectivity index (χ1n) is 12.6. The summed E-state index contributed by atoms with van der Waals surface area (Å²) in [5.41, 5.74) is -1.50. The van der Waals surface area contributed by atoms with Crippen molar-refractivity contribution in [1.29, 1.82) is 5.26 Å². The van der Waals surface area contributed by atoms with Crippen LogP contribution in [0.2, 0.25) is 5.02 Å². The first kappa shape index (κ1) is 25.6. The highest BCUT2D eigenvalue weighted by atomic mass is 35.5. The second-order valence-corrected chi connectivity index (χ2v) is 12.4. The molecule has 3 aromatic rings. The predicted molar refractivity (Wildman–Crippen MR) is 140 cm³/mol. The highest BCUT2D eigenvalue weighted by molar-refractivity contribution is 7.85. The quantitative estimate of drug-likeness (QED) is 0.469. The van der Waals surface area contributed by atoms with E-state index in [2.05, 4.69) is 21.5 Å². The molecular weight excluding hydrogens is 543 g/mol. The topological polar surface area (TPSA) is 121 Å². The lowest BCUT2D eigenvalue weighted by Crippen LogP contribution is -2.51. The zero-order valence-electron chi connectivity index (χ0n) is 20.7. The van der Waals surface area contributed by atoms with E-state index in [1.54, 1.807) is 41.3 Å². The number of likely N-dealkylation sites (tertiary alicyclic amines) is 1. The number of benzene rings is 1. The van der Waals surface area contributed by atoms with Gasteiger partial charge in [0.1, 0.15) is 17.4 Å². The molecule has 0 spiro atoms. The molecule has 39 heavy (non-hydrogen) atoms. The van der Waals surface area contributed by atoms with Crippen LogP contribution in [0, 0.1) is 17.1 Å². The fourth-order valence-electron chi connectivity index (χ4n) is 5.26. The highest BCUT2D eigenvalue weighted by Crippen LogP contribution is 2.51. The summed E-state index contributed by atoms with van der Waals surface area (Å²) in [5, 5.41) is 16.1. The van der Waals surface area contributed by atoms with Crippen LogP contribution in [-0.4, -0.2) is 59.1 Å². The maximum atomic E-state index is 14.9. The van der Waals surface area contributed by atoms with Gasteiger partial charge in [-0.1, -0.05) is 23.7 Å². The summed E-state index contributed by atoms with van der Waals surface area (Å²) >= 11 is 5.88. The number of nitrogens with one attached hydrogen (secondary N) is 1. The molecule has 1 aliphatic heterocycles. The number of halogens is 2. The second-order valence-electron chi connectivity index (χ2n) is 10.3. The van der Waals surface area contributed by atoms with E-state index in [0.717, 1.165) is 6.07 Å². The third-order valence-corrected chi connectivity index (χ3v) is 9.64. The van der Waals surface area contributed by atoms with Crippen LogP contribution in [-0.2, 0) is 25.8 Å². The minimum Gasteiger partial charge on any atom is -0.336 e. The van der Waals surface area contributed by atoms with E-state index in [4.69, 9.17) is 11.6 Å². The molecule has 3 heterocycles. The molecule has 3 atom stereocenters. The summed E-state index contributed by atoms with van der Waals surface area (Å²) in [6.45, 7) is 0.0352. The maximum absolute atomic E-state index is 14.9. The van der Waals surface area contributed by atoms with Crippen LogP contribution < -0.4 is 5.32 Å². The lowest BCUT2D eigenvalue weighted by Gasteiger charge is -2.28. The minimum atomic E-state index is -1.60. The number of pyridine rings is 1. The number of aromatic nitrogens is 3. The fourth-order valence-corrected chi connectivity index (χ4v) is 7.00. The molecule has 1 unspecified atom stereocenters. The molecule has 0 bridgehead atoms. The Morgan fingerprint density at radius 1 is 1.21 bits per heavy atom. The number of nitrogens with zero attached hydrogens (tertiary/aromatic N) is 5. The van der Waals surface area contributed by atoms with Crippen LogP contribution in [0.1, 0.15) is 37.8 Å². The number of amides is 2. The van der Waals surface area contributed by atoms with Crippen molar-refractivity contribution in [3.8, 4) is 11.8 Å². The molecule has 2 amide bonds. The summed E-state index contributed by atoms with van der Waals surface area (Å²) in [6, 6.07) is 11.2. The average molecular weight is 567 g/mol. The van der Waals surface area contributed by atoms with Gasteiger partial charge in [0.25, 0.3) is 0 Å². The largest absolute Gasteiger partial charge is 0.336 e. The summed E-state index contributed by atoms with van der Waals surface area (Å²) in [4.78, 5) is 33.5. The van der Waals surface area contributed by atoms with Crippen LogP contribution in [0.3, 0.4) is 0 Å². The number of nitriles is 1. The van der Waals surface area contributed by atoms with Crippen molar-refractivity contribution in [1.82, 2.24) is 25.0 Å². The van der Waals surface area contributed by atoms with Gasteiger partial charge < -0.3 is 10.2 Å². The van der Waals surface area contributed by atoms with Gasteiger partial charge in [-0.3, -0.25) is 18.8 Å². The number of carbonyl (C=O) groups is 2. The van der Waals surface area contributed by atoms with E-state index in [9.17, 15) is 23.5 Å². The van der Waals surface area contributed by atoms with E-state index in [0.29, 0.717) is 36.3 Å². The van der Waals surface area contributed by atoms with E-state index in [-0.39, 0.29) is 23.7 Å². The number of hydrogen-bond donors (Lipinski definition) is 1. The Morgan fingerprint density at radius 2 is 1.97 bits per heavy atom. The van der Waals surface area contributed by atoms with E-state index in [1.807, 2.05) is 6.07 Å². The summed E-state index contributed by atoms with van der Waals surface area (Å²) in [5.74, 6) is -1.58. The molecule has 200 valence electrons. The lowest BCUT2D eigenvalue weighted by atomic mass is 9.98. The van der Waals surface area contributed by atoms with Gasteiger partial charge in [-0.15, -0.1) is 0 Å². The van der Waals surface area contributed by atoms with E-state index >= 15 is 0 Å². The molecule has 1 N–H and O–H groups in total. The molecule has 3 fully saturated rings. The zero-order valence-corrected chi connectivity index (χ0v) is 22.3. The third kappa shape index (κ3) is 4.51. The van der Waals surface area contributed by atoms with E-state index in [1.165, 1.54) is 11.1 Å². The van der Waals surface area contributed by atoms with Crippen LogP contribution in [0.4, 0.5) is 4.39 Å². The van der Waals surface area contributed by atoms with Gasteiger partial charge in [-0.05, 0) is 56.4 Å². The van der Waals surface area contributed by atoms with Crippen molar-refractivity contribution < 1.29 is 18.2 Å². The first-order valence-corrected chi connectivity index (χ1v) is 14.2. The normalized spacial score (nSPS) is 23.1. The van der Waals surface area contributed by atoms with Crippen LogP contribution >= 0.6 is 11.6 Å². The monoisotopic (exact) mass is 566 g/mol. The Balaban J connectivity index is 1.33. The van der Waals surface area contributed by atoms with Crippen molar-refractivity contribution in [2.75, 3.05) is 6.54 Å². The molecule has 1 aromatic carbocycles. The standard InChI is InChI=1S/C27H24ClFN6O3S/c28-17-12-19(29)23(31-14-17)27(8-9-27)25(37)34-15-18(13-21(34)24(36)33-26(16-30)6-7-26)39(38)22-5-2-1-4-20(22)35-11-3-10-32-35/h1-5,10-12,14,18,21H,6-9,13,15H2,(H,33,36)/t18-,21+,39?/m1/s1. The first-order chi connectivity index (χ1) is 18.8. The molecular formula is C27H24ClFN6O3S. The molecule has 0 radical (unpaired) electrons. The Labute approximate surface area is 231 Å². The van der Waals surface area contributed by atoms with Crippen molar-refractivity contribution in [3.63, 3.8) is 0 Å². The number of para-hydroxylation sites is 1. The molecule has 6 rings (SSSR count). The summed E-state index contributed by atoms with van der Waals surface area (Å²) < 4.78 is 30.4. The van der Waals surface area contributed by atoms with Gasteiger partial charge in [-0.25, -0.2) is 9.07 Å². The number of carbonyl (C=O) groups excluding carboxylic acids is 2. The smallest absolute Gasteiger partial charge is 0.244 e. The SMILES string of the molecule is N#CC1(NC(=O)[C@@H]2C[C@@H](S(=O)c3ccccc3-n3cccn3)CN2C(=O)C2(c3ncc(Cl)cc3F)CC2)CC1. The van der Waals surface area contributed by atoms with Crippen molar-refractivity contribution in [2.45, 2.75) is 59.2 Å².